The summed E-state index contributed by atoms with van der Waals surface area (Å²) in [5.41, 5.74) is -1.25. The van der Waals surface area contributed by atoms with Gasteiger partial charge in [-0.2, -0.15) is 0 Å². The lowest BCUT2D eigenvalue weighted by molar-refractivity contribution is 0.104. The zero-order valence-corrected chi connectivity index (χ0v) is 15.1. The monoisotopic (exact) mass is 378 g/mol. The fraction of sp³-hybridized carbons (Fsp3) is 0.0952. The van der Waals surface area contributed by atoms with Crippen molar-refractivity contribution in [2.24, 2.45) is 0 Å². The molecule has 0 fully saturated rings. The summed E-state index contributed by atoms with van der Waals surface area (Å²) in [4.78, 5) is 38.8. The average Bonchev–Trinajstić information content (AvgIpc) is 2.68. The average molecular weight is 378 g/mol. The smallest absolute Gasteiger partial charge is 0.335 e. The Morgan fingerprint density at radius 1 is 1.11 bits per heavy atom. The van der Waals surface area contributed by atoms with E-state index in [0.29, 0.717) is 23.6 Å². The number of aromatic hydroxyl groups is 1. The number of hydrogen-bond acceptors (Lipinski definition) is 5. The first kappa shape index (κ1) is 18.9. The molecule has 142 valence electrons. The largest absolute Gasteiger partial charge is 0.494 e. The molecule has 0 bridgehead atoms. The van der Waals surface area contributed by atoms with Crippen molar-refractivity contribution < 1.29 is 14.6 Å². The molecule has 1 heterocycles. The first-order valence-corrected chi connectivity index (χ1v) is 8.60. The second-order valence-corrected chi connectivity index (χ2v) is 5.83. The van der Waals surface area contributed by atoms with Gasteiger partial charge in [0.15, 0.2) is 5.78 Å². The summed E-state index contributed by atoms with van der Waals surface area (Å²) in [6, 6.07) is 15.2. The van der Waals surface area contributed by atoms with Crippen molar-refractivity contribution in [3.8, 4) is 17.3 Å². The Kier molecular flexibility index (Phi) is 5.55. The number of aromatic amines is 1. The number of rotatable bonds is 6. The van der Waals surface area contributed by atoms with E-state index in [0.717, 1.165) is 4.57 Å². The molecule has 0 aliphatic carbocycles. The van der Waals surface area contributed by atoms with Gasteiger partial charge in [0, 0.05) is 0 Å². The van der Waals surface area contributed by atoms with Crippen LogP contribution in [0.4, 0.5) is 0 Å². The van der Waals surface area contributed by atoms with Crippen LogP contribution in [0.1, 0.15) is 22.8 Å². The summed E-state index contributed by atoms with van der Waals surface area (Å²) in [5.74, 6) is -0.728. The maximum Gasteiger partial charge on any atom is 0.335 e. The number of ketones is 1. The van der Waals surface area contributed by atoms with Crippen LogP contribution in [0.25, 0.3) is 11.8 Å². The highest BCUT2D eigenvalue weighted by Crippen LogP contribution is 2.18. The summed E-state index contributed by atoms with van der Waals surface area (Å²) in [6.07, 6.45) is 2.68. The van der Waals surface area contributed by atoms with Crippen LogP contribution in [0, 0.1) is 0 Å². The van der Waals surface area contributed by atoms with Crippen molar-refractivity contribution in [3.05, 3.63) is 92.6 Å². The van der Waals surface area contributed by atoms with Gasteiger partial charge in [0.05, 0.1) is 12.3 Å². The minimum atomic E-state index is -0.948. The number of ether oxygens (including phenoxy) is 1. The van der Waals surface area contributed by atoms with E-state index in [1.807, 2.05) is 6.92 Å². The van der Waals surface area contributed by atoms with Crippen LogP contribution in [0.3, 0.4) is 0 Å². The molecule has 0 radical (unpaired) electrons. The standard InChI is InChI=1S/C21H18N2O5/c1-2-28-16-11-8-14(9-12-16)10-13-17(24)18-19(25)22-21(27)23(20(18)26)15-6-4-3-5-7-15/h3-13,26H,2H2,1H3,(H,22,25,27). The summed E-state index contributed by atoms with van der Waals surface area (Å²) >= 11 is 0. The Labute approximate surface area is 160 Å². The summed E-state index contributed by atoms with van der Waals surface area (Å²) in [6.45, 7) is 2.43. The number of carbonyl (C=O) groups is 1. The van der Waals surface area contributed by atoms with E-state index in [2.05, 4.69) is 4.98 Å². The second-order valence-electron chi connectivity index (χ2n) is 5.83. The number of nitrogens with zero attached hydrogens (tertiary/aromatic N) is 1. The van der Waals surface area contributed by atoms with E-state index in [1.165, 1.54) is 12.2 Å². The molecule has 28 heavy (non-hydrogen) atoms. The van der Waals surface area contributed by atoms with Gasteiger partial charge >= 0.3 is 5.69 Å². The molecule has 0 spiro atoms. The quantitative estimate of drug-likeness (QED) is 0.507. The lowest BCUT2D eigenvalue weighted by Gasteiger charge is -2.09. The minimum Gasteiger partial charge on any atom is -0.494 e. The van der Waals surface area contributed by atoms with Gasteiger partial charge < -0.3 is 9.84 Å². The van der Waals surface area contributed by atoms with Gasteiger partial charge in [-0.05, 0) is 42.8 Å². The lowest BCUT2D eigenvalue weighted by atomic mass is 10.1. The van der Waals surface area contributed by atoms with Crippen LogP contribution in [-0.4, -0.2) is 27.0 Å². The number of para-hydroxylation sites is 1. The van der Waals surface area contributed by atoms with Crippen molar-refractivity contribution >= 4 is 11.9 Å². The molecular formula is C21H18N2O5. The van der Waals surface area contributed by atoms with E-state index in [9.17, 15) is 19.5 Å². The van der Waals surface area contributed by atoms with Crippen LogP contribution in [0.5, 0.6) is 11.6 Å². The van der Waals surface area contributed by atoms with E-state index in [1.54, 1.807) is 54.6 Å². The highest BCUT2D eigenvalue weighted by Gasteiger charge is 2.20. The number of nitrogens with one attached hydrogen (secondary N) is 1. The van der Waals surface area contributed by atoms with Crippen LogP contribution in [-0.2, 0) is 0 Å². The summed E-state index contributed by atoms with van der Waals surface area (Å²) in [7, 11) is 0. The number of allylic oxidation sites excluding steroid dienone is 1. The van der Waals surface area contributed by atoms with Crippen molar-refractivity contribution in [1.82, 2.24) is 9.55 Å². The van der Waals surface area contributed by atoms with Gasteiger partial charge in [-0.3, -0.25) is 14.6 Å². The van der Waals surface area contributed by atoms with Crippen LogP contribution in [0.15, 0.2) is 70.3 Å². The molecule has 2 N–H and O–H groups in total. The lowest BCUT2D eigenvalue weighted by Crippen LogP contribution is -2.32. The Hall–Kier alpha value is -3.87. The number of benzene rings is 2. The maximum atomic E-state index is 12.5. The Balaban J connectivity index is 1.95. The Morgan fingerprint density at radius 2 is 1.79 bits per heavy atom. The molecule has 0 unspecified atom stereocenters. The van der Waals surface area contributed by atoms with E-state index >= 15 is 0 Å². The predicted molar refractivity (Wildman–Crippen MR) is 105 cm³/mol. The van der Waals surface area contributed by atoms with Crippen molar-refractivity contribution in [2.75, 3.05) is 6.61 Å². The minimum absolute atomic E-state index is 0.325. The van der Waals surface area contributed by atoms with Crippen LogP contribution >= 0.6 is 0 Å². The molecule has 7 heteroatoms. The molecule has 0 saturated heterocycles. The molecule has 1 aromatic heterocycles. The van der Waals surface area contributed by atoms with Gasteiger partial charge in [0.2, 0.25) is 5.88 Å². The fourth-order valence-corrected chi connectivity index (χ4v) is 2.66. The van der Waals surface area contributed by atoms with Crippen molar-refractivity contribution in [2.45, 2.75) is 6.92 Å². The molecule has 2 aromatic carbocycles. The first-order chi connectivity index (χ1) is 13.5. The molecule has 0 atom stereocenters. The molecule has 0 aliphatic rings. The molecule has 3 aromatic rings. The van der Waals surface area contributed by atoms with Gasteiger partial charge in [-0.25, -0.2) is 9.36 Å². The van der Waals surface area contributed by atoms with Gasteiger partial charge in [-0.1, -0.05) is 36.4 Å². The normalized spacial score (nSPS) is 10.9. The molecule has 7 nitrogen and oxygen atoms in total. The van der Waals surface area contributed by atoms with Crippen LogP contribution < -0.4 is 16.0 Å². The molecule has 0 saturated carbocycles. The highest BCUT2D eigenvalue weighted by molar-refractivity contribution is 6.08. The Morgan fingerprint density at radius 3 is 2.43 bits per heavy atom. The Bertz CT molecular complexity index is 1130. The zero-order chi connectivity index (χ0) is 20.1. The maximum absolute atomic E-state index is 12.5. The number of hydrogen-bond donors (Lipinski definition) is 2. The van der Waals surface area contributed by atoms with Gasteiger partial charge in [0.1, 0.15) is 11.3 Å². The highest BCUT2D eigenvalue weighted by atomic mass is 16.5. The summed E-state index contributed by atoms with van der Waals surface area (Å²) < 4.78 is 6.23. The topological polar surface area (TPSA) is 101 Å². The van der Waals surface area contributed by atoms with Crippen LogP contribution in [0.2, 0.25) is 0 Å². The molecule has 3 rings (SSSR count). The molecular weight excluding hydrogens is 360 g/mol. The van der Waals surface area contributed by atoms with Gasteiger partial charge in [-0.15, -0.1) is 0 Å². The van der Waals surface area contributed by atoms with E-state index in [4.69, 9.17) is 4.74 Å². The third kappa shape index (κ3) is 3.93. The third-order valence-corrected chi connectivity index (χ3v) is 3.97. The fourth-order valence-electron chi connectivity index (χ4n) is 2.66. The van der Waals surface area contributed by atoms with Crippen molar-refractivity contribution in [3.63, 3.8) is 0 Å². The first-order valence-electron chi connectivity index (χ1n) is 8.60. The predicted octanol–water partition coefficient (Wildman–Crippen LogP) is 2.53. The molecule has 0 amide bonds. The molecule has 0 aliphatic heterocycles. The van der Waals surface area contributed by atoms with E-state index < -0.39 is 28.5 Å². The number of carbonyl (C=O) groups excluding carboxylic acids is 1. The number of aromatic nitrogens is 2. The third-order valence-electron chi connectivity index (χ3n) is 3.97. The van der Waals surface area contributed by atoms with E-state index in [-0.39, 0.29) is 0 Å². The zero-order valence-electron chi connectivity index (χ0n) is 15.1. The number of H-pyrrole nitrogens is 1. The van der Waals surface area contributed by atoms with Crippen molar-refractivity contribution in [1.29, 1.82) is 0 Å². The van der Waals surface area contributed by atoms with Gasteiger partial charge in [0.25, 0.3) is 5.56 Å². The summed E-state index contributed by atoms with van der Waals surface area (Å²) in [5, 5.41) is 10.4. The second kappa shape index (κ2) is 8.22. The SMILES string of the molecule is CCOc1ccc(C=CC(=O)c2c(O)n(-c3ccccc3)c(=O)[nH]c2=O)cc1.